The smallest absolute Gasteiger partial charge is 0.308 e. The second-order valence-corrected chi connectivity index (χ2v) is 12.1. The van der Waals surface area contributed by atoms with E-state index >= 15 is 0 Å². The van der Waals surface area contributed by atoms with Crippen LogP contribution in [0.3, 0.4) is 0 Å². The summed E-state index contributed by atoms with van der Waals surface area (Å²) < 4.78 is 30.3. The molecule has 0 bridgehead atoms. The number of benzene rings is 1. The molecule has 2 fully saturated rings. The van der Waals surface area contributed by atoms with Crippen molar-refractivity contribution in [1.82, 2.24) is 13.8 Å². The van der Waals surface area contributed by atoms with Crippen LogP contribution >= 0.6 is 11.3 Å². The number of piperidine rings is 2. The third kappa shape index (κ3) is 4.32. The molecule has 2 saturated heterocycles. The number of rotatable bonds is 4. The van der Waals surface area contributed by atoms with E-state index in [1.54, 1.807) is 22.8 Å². The van der Waals surface area contributed by atoms with Crippen molar-refractivity contribution in [3.63, 3.8) is 0 Å². The van der Waals surface area contributed by atoms with Crippen LogP contribution < -0.4 is 4.87 Å². The molecule has 2 aliphatic rings. The molecule has 2 aromatic rings. The summed E-state index contributed by atoms with van der Waals surface area (Å²) in [6, 6.07) is 4.95. The van der Waals surface area contributed by atoms with Gasteiger partial charge in [0.05, 0.1) is 15.1 Å². The molecule has 170 valence electrons. The molecule has 7 nitrogen and oxygen atoms in total. The Bertz CT molecular complexity index is 1120. The lowest BCUT2D eigenvalue weighted by Crippen LogP contribution is -2.46. The first-order chi connectivity index (χ1) is 14.7. The van der Waals surface area contributed by atoms with Gasteiger partial charge in [0.15, 0.2) is 0 Å². The van der Waals surface area contributed by atoms with Gasteiger partial charge in [-0.25, -0.2) is 8.42 Å². The Balaban J connectivity index is 1.47. The van der Waals surface area contributed by atoms with Crippen molar-refractivity contribution in [3.05, 3.63) is 27.9 Å². The zero-order chi connectivity index (χ0) is 22.3. The average molecular weight is 466 g/mol. The Kier molecular flexibility index (Phi) is 6.29. The van der Waals surface area contributed by atoms with Gasteiger partial charge < -0.3 is 4.90 Å². The monoisotopic (exact) mass is 465 g/mol. The number of hydrogen-bond donors (Lipinski definition) is 0. The lowest BCUT2D eigenvalue weighted by molar-refractivity contribution is -0.138. The second-order valence-electron chi connectivity index (χ2n) is 9.15. The van der Waals surface area contributed by atoms with Gasteiger partial charge in [-0.05, 0) is 63.6 Å². The summed E-state index contributed by atoms with van der Waals surface area (Å²) in [6.45, 7) is 8.44. The van der Waals surface area contributed by atoms with Crippen LogP contribution in [0.15, 0.2) is 27.9 Å². The predicted molar refractivity (Wildman–Crippen MR) is 123 cm³/mol. The normalized spacial score (nSPS) is 20.1. The lowest BCUT2D eigenvalue weighted by atomic mass is 9.93. The van der Waals surface area contributed by atoms with E-state index in [4.69, 9.17) is 0 Å². The molecule has 0 unspecified atom stereocenters. The van der Waals surface area contributed by atoms with E-state index in [0.717, 1.165) is 42.8 Å². The Morgan fingerprint density at radius 3 is 2.32 bits per heavy atom. The molecule has 4 rings (SSSR count). The zero-order valence-corrected chi connectivity index (χ0v) is 20.0. The fraction of sp³-hybridized carbons (Fsp3) is 0.636. The molecule has 0 radical (unpaired) electrons. The Hall–Kier alpha value is -1.71. The number of aromatic nitrogens is 1. The van der Waals surface area contributed by atoms with E-state index in [0.29, 0.717) is 36.5 Å². The first kappa shape index (κ1) is 22.5. The molecule has 0 saturated carbocycles. The number of amides is 1. The van der Waals surface area contributed by atoms with E-state index in [9.17, 15) is 18.0 Å². The van der Waals surface area contributed by atoms with Crippen LogP contribution in [0.1, 0.15) is 52.5 Å². The van der Waals surface area contributed by atoms with Gasteiger partial charge in [-0.15, -0.1) is 0 Å². The zero-order valence-electron chi connectivity index (χ0n) is 18.4. The number of nitrogens with zero attached hydrogens (tertiary/aromatic N) is 3. The van der Waals surface area contributed by atoms with Gasteiger partial charge in [0.1, 0.15) is 0 Å². The van der Waals surface area contributed by atoms with E-state index < -0.39 is 10.0 Å². The third-order valence-electron chi connectivity index (χ3n) is 6.64. The molecule has 0 N–H and O–H groups in total. The van der Waals surface area contributed by atoms with Gasteiger partial charge in [0, 0.05) is 38.1 Å². The Labute approximate surface area is 187 Å². The quantitative estimate of drug-likeness (QED) is 0.694. The van der Waals surface area contributed by atoms with Crippen molar-refractivity contribution in [1.29, 1.82) is 0 Å². The number of fused-ring (bicyclic) bond motifs is 1. The minimum absolute atomic E-state index is 0.0170. The minimum atomic E-state index is -3.65. The summed E-state index contributed by atoms with van der Waals surface area (Å²) in [5.74, 6) is 0.766. The number of sulfonamides is 1. The van der Waals surface area contributed by atoms with Crippen LogP contribution in [-0.2, 0) is 14.8 Å². The van der Waals surface area contributed by atoms with Gasteiger partial charge in [0.2, 0.25) is 15.9 Å². The standard InChI is InChI=1S/C22H31N3O4S2/c1-15(2)25-19-5-4-18(14-20(19)30-22(25)27)31(28,29)24-12-8-17(9-13-24)21(26)23-10-6-16(3)7-11-23/h4-5,14-17H,6-13H2,1-3H3. The number of hydrogen-bond acceptors (Lipinski definition) is 5. The second kappa shape index (κ2) is 8.67. The molecular weight excluding hydrogens is 434 g/mol. The fourth-order valence-corrected chi connectivity index (χ4v) is 7.27. The lowest BCUT2D eigenvalue weighted by Gasteiger charge is -2.36. The largest absolute Gasteiger partial charge is 0.342 e. The highest BCUT2D eigenvalue weighted by Crippen LogP contribution is 2.29. The molecule has 1 aromatic carbocycles. The highest BCUT2D eigenvalue weighted by atomic mass is 32.2. The van der Waals surface area contributed by atoms with E-state index in [1.165, 1.54) is 4.31 Å². The molecule has 0 spiro atoms. The summed E-state index contributed by atoms with van der Waals surface area (Å²) in [4.78, 5) is 27.2. The van der Waals surface area contributed by atoms with Crippen molar-refractivity contribution in [2.75, 3.05) is 26.2 Å². The molecule has 0 atom stereocenters. The molecule has 3 heterocycles. The maximum absolute atomic E-state index is 13.2. The molecule has 31 heavy (non-hydrogen) atoms. The molecule has 0 aliphatic carbocycles. The Morgan fingerprint density at radius 1 is 1.06 bits per heavy atom. The van der Waals surface area contributed by atoms with E-state index in [2.05, 4.69) is 6.92 Å². The van der Waals surface area contributed by atoms with Gasteiger partial charge in [-0.1, -0.05) is 18.3 Å². The van der Waals surface area contributed by atoms with Crippen LogP contribution in [0.2, 0.25) is 0 Å². The van der Waals surface area contributed by atoms with Gasteiger partial charge in [-0.2, -0.15) is 4.31 Å². The molecular formula is C22H31N3O4S2. The van der Waals surface area contributed by atoms with Crippen molar-refractivity contribution in [3.8, 4) is 0 Å². The number of carbonyl (C=O) groups excluding carboxylic acids is 1. The summed E-state index contributed by atoms with van der Waals surface area (Å²) in [6.07, 6.45) is 3.21. The van der Waals surface area contributed by atoms with Gasteiger partial charge in [0.25, 0.3) is 0 Å². The molecule has 9 heteroatoms. The SMILES string of the molecule is CC1CCN(C(=O)C2CCN(S(=O)(=O)c3ccc4c(c3)sc(=O)n4C(C)C)CC2)CC1. The summed E-state index contributed by atoms with van der Waals surface area (Å²) in [5.41, 5.74) is 0.768. The number of thiazole rings is 1. The first-order valence-corrected chi connectivity index (χ1v) is 13.4. The number of likely N-dealkylation sites (tertiary alicyclic amines) is 1. The van der Waals surface area contributed by atoms with Crippen LogP contribution in [0.4, 0.5) is 0 Å². The Morgan fingerprint density at radius 2 is 1.71 bits per heavy atom. The van der Waals surface area contributed by atoms with Crippen molar-refractivity contribution >= 4 is 37.5 Å². The summed E-state index contributed by atoms with van der Waals surface area (Å²) in [5, 5.41) is 0. The fourth-order valence-electron chi connectivity index (χ4n) is 4.65. The highest BCUT2D eigenvalue weighted by Gasteiger charge is 2.34. The molecule has 1 aromatic heterocycles. The van der Waals surface area contributed by atoms with Crippen molar-refractivity contribution < 1.29 is 13.2 Å². The highest BCUT2D eigenvalue weighted by molar-refractivity contribution is 7.89. The average Bonchev–Trinajstić information content (AvgIpc) is 3.09. The minimum Gasteiger partial charge on any atom is -0.342 e. The van der Waals surface area contributed by atoms with Crippen LogP contribution in [0, 0.1) is 11.8 Å². The maximum atomic E-state index is 13.2. The maximum Gasteiger partial charge on any atom is 0.308 e. The van der Waals surface area contributed by atoms with Crippen LogP contribution in [-0.4, -0.2) is 54.3 Å². The third-order valence-corrected chi connectivity index (χ3v) is 9.45. The topological polar surface area (TPSA) is 79.7 Å². The summed E-state index contributed by atoms with van der Waals surface area (Å²) >= 11 is 1.08. The van der Waals surface area contributed by atoms with Crippen molar-refractivity contribution in [2.45, 2.75) is 57.4 Å². The van der Waals surface area contributed by atoms with E-state index in [1.807, 2.05) is 18.7 Å². The molecule has 2 aliphatic heterocycles. The van der Waals surface area contributed by atoms with Crippen LogP contribution in [0.25, 0.3) is 10.2 Å². The van der Waals surface area contributed by atoms with Crippen LogP contribution in [0.5, 0.6) is 0 Å². The predicted octanol–water partition coefficient (Wildman–Crippen LogP) is 3.30. The number of carbonyl (C=O) groups is 1. The van der Waals surface area contributed by atoms with Crippen molar-refractivity contribution in [2.24, 2.45) is 11.8 Å². The van der Waals surface area contributed by atoms with E-state index in [-0.39, 0.29) is 27.6 Å². The van der Waals surface area contributed by atoms with Gasteiger partial charge >= 0.3 is 4.87 Å². The molecule has 1 amide bonds. The summed E-state index contributed by atoms with van der Waals surface area (Å²) in [7, 11) is -3.65. The first-order valence-electron chi connectivity index (χ1n) is 11.1. The van der Waals surface area contributed by atoms with Gasteiger partial charge in [-0.3, -0.25) is 14.2 Å².